The molecule has 1 unspecified atom stereocenters. The summed E-state index contributed by atoms with van der Waals surface area (Å²) in [6.07, 6.45) is -3.28. The Bertz CT molecular complexity index is 233. The zero-order valence-corrected chi connectivity index (χ0v) is 10.2. The van der Waals surface area contributed by atoms with Crippen molar-refractivity contribution in [1.82, 2.24) is 4.90 Å². The topological polar surface area (TPSA) is 62.3 Å². The molecule has 0 radical (unpaired) electrons. The summed E-state index contributed by atoms with van der Waals surface area (Å²) in [5.41, 5.74) is 5.26. The highest BCUT2D eigenvalue weighted by molar-refractivity contribution is 5.77. The summed E-state index contributed by atoms with van der Waals surface area (Å²) in [6, 6.07) is 0.107. The first kappa shape index (κ1) is 16.2. The van der Waals surface area contributed by atoms with Crippen LogP contribution in [-0.4, -0.2) is 49.8 Å². The molecule has 0 aliphatic heterocycles. The van der Waals surface area contributed by atoms with Crippen LogP contribution in [0.25, 0.3) is 0 Å². The van der Waals surface area contributed by atoms with Crippen molar-refractivity contribution in [1.29, 1.82) is 5.41 Å². The molecular weight excluding hydrogens is 235 g/mol. The fourth-order valence-electron chi connectivity index (χ4n) is 1.30. The molecule has 0 aromatic heterocycles. The predicted octanol–water partition coefficient (Wildman–Crippen LogP) is 1.60. The van der Waals surface area contributed by atoms with E-state index in [4.69, 9.17) is 11.1 Å². The SMILES string of the molecule is CC(CC(=N)N)N(C)CCCOCC(F)(F)F. The molecule has 7 heteroatoms. The lowest BCUT2D eigenvalue weighted by molar-refractivity contribution is -0.174. The van der Waals surface area contributed by atoms with E-state index in [2.05, 4.69) is 4.74 Å². The minimum atomic E-state index is -4.26. The first-order chi connectivity index (χ1) is 7.72. The van der Waals surface area contributed by atoms with Crippen molar-refractivity contribution in [3.05, 3.63) is 0 Å². The third kappa shape index (κ3) is 10.1. The molecule has 0 aromatic carbocycles. The summed E-state index contributed by atoms with van der Waals surface area (Å²) in [7, 11) is 1.84. The molecule has 0 rings (SSSR count). The molecular formula is C10H20F3N3O. The molecule has 0 spiro atoms. The molecule has 102 valence electrons. The second-order valence-corrected chi connectivity index (χ2v) is 4.08. The van der Waals surface area contributed by atoms with Gasteiger partial charge in [-0.05, 0) is 20.4 Å². The van der Waals surface area contributed by atoms with Gasteiger partial charge in [-0.1, -0.05) is 0 Å². The van der Waals surface area contributed by atoms with Crippen LogP contribution in [0.4, 0.5) is 13.2 Å². The van der Waals surface area contributed by atoms with E-state index >= 15 is 0 Å². The Kier molecular flexibility index (Phi) is 7.13. The average molecular weight is 255 g/mol. The van der Waals surface area contributed by atoms with Gasteiger partial charge in [0.25, 0.3) is 0 Å². The monoisotopic (exact) mass is 255 g/mol. The first-order valence-corrected chi connectivity index (χ1v) is 5.40. The minimum Gasteiger partial charge on any atom is -0.388 e. The van der Waals surface area contributed by atoms with Gasteiger partial charge in [0.15, 0.2) is 0 Å². The van der Waals surface area contributed by atoms with Crippen molar-refractivity contribution in [2.24, 2.45) is 5.73 Å². The number of nitrogens with zero attached hydrogens (tertiary/aromatic N) is 1. The van der Waals surface area contributed by atoms with Gasteiger partial charge >= 0.3 is 6.18 Å². The number of nitrogens with two attached hydrogens (primary N) is 1. The van der Waals surface area contributed by atoms with Crippen LogP contribution in [0.1, 0.15) is 19.8 Å². The van der Waals surface area contributed by atoms with E-state index in [1.54, 1.807) is 0 Å². The maximum atomic E-state index is 11.7. The number of nitrogens with one attached hydrogen (secondary N) is 1. The van der Waals surface area contributed by atoms with Gasteiger partial charge in [0.2, 0.25) is 0 Å². The first-order valence-electron chi connectivity index (χ1n) is 5.40. The van der Waals surface area contributed by atoms with Crippen molar-refractivity contribution < 1.29 is 17.9 Å². The molecule has 1 atom stereocenters. The molecule has 0 aliphatic carbocycles. The number of hydrogen-bond donors (Lipinski definition) is 2. The van der Waals surface area contributed by atoms with Crippen LogP contribution in [0.5, 0.6) is 0 Å². The maximum Gasteiger partial charge on any atom is 0.411 e. The lowest BCUT2D eigenvalue weighted by atomic mass is 10.2. The van der Waals surface area contributed by atoms with E-state index in [1.807, 2.05) is 18.9 Å². The van der Waals surface area contributed by atoms with Crippen molar-refractivity contribution in [3.63, 3.8) is 0 Å². The van der Waals surface area contributed by atoms with Gasteiger partial charge in [0.05, 0.1) is 5.84 Å². The summed E-state index contributed by atoms with van der Waals surface area (Å²) < 4.78 is 39.7. The third-order valence-electron chi connectivity index (χ3n) is 2.33. The molecule has 0 bridgehead atoms. The Morgan fingerprint density at radius 1 is 1.47 bits per heavy atom. The molecule has 4 nitrogen and oxygen atoms in total. The fraction of sp³-hybridized carbons (Fsp3) is 0.900. The molecule has 3 N–H and O–H groups in total. The normalized spacial score (nSPS) is 14.0. The van der Waals surface area contributed by atoms with E-state index in [1.165, 1.54) is 0 Å². The molecule has 0 saturated carbocycles. The molecule has 0 saturated heterocycles. The lowest BCUT2D eigenvalue weighted by Crippen LogP contribution is -2.34. The quantitative estimate of drug-likeness (QED) is 0.393. The number of halogens is 3. The van der Waals surface area contributed by atoms with E-state index in [0.29, 0.717) is 19.4 Å². The van der Waals surface area contributed by atoms with Gasteiger partial charge in [0.1, 0.15) is 6.61 Å². The molecule has 0 amide bonds. The van der Waals surface area contributed by atoms with Gasteiger partial charge in [-0.2, -0.15) is 13.2 Å². The maximum absolute atomic E-state index is 11.7. The lowest BCUT2D eigenvalue weighted by Gasteiger charge is -2.24. The second-order valence-electron chi connectivity index (χ2n) is 4.08. The highest BCUT2D eigenvalue weighted by atomic mass is 19.4. The van der Waals surface area contributed by atoms with Crippen LogP contribution in [-0.2, 0) is 4.74 Å². The molecule has 0 fully saturated rings. The van der Waals surface area contributed by atoms with Crippen molar-refractivity contribution in [3.8, 4) is 0 Å². The molecule has 17 heavy (non-hydrogen) atoms. The van der Waals surface area contributed by atoms with Crippen LogP contribution in [0, 0.1) is 5.41 Å². The number of hydrogen-bond acceptors (Lipinski definition) is 3. The van der Waals surface area contributed by atoms with Gasteiger partial charge < -0.3 is 15.4 Å². The molecule has 0 aliphatic rings. The van der Waals surface area contributed by atoms with Gasteiger partial charge in [-0.25, -0.2) is 0 Å². The van der Waals surface area contributed by atoms with Crippen LogP contribution >= 0.6 is 0 Å². The molecule has 0 aromatic rings. The standard InChI is InChI=1S/C10H20F3N3O/c1-8(6-9(14)15)16(2)4-3-5-17-7-10(11,12)13/h8H,3-7H2,1-2H3,(H3,14,15). The zero-order valence-electron chi connectivity index (χ0n) is 10.2. The van der Waals surface area contributed by atoms with E-state index < -0.39 is 12.8 Å². The third-order valence-corrected chi connectivity index (χ3v) is 2.33. The summed E-state index contributed by atoms with van der Waals surface area (Å²) in [5.74, 6) is 0.109. The Labute approximate surface area is 99.4 Å². The number of rotatable bonds is 8. The summed E-state index contributed by atoms with van der Waals surface area (Å²) in [4.78, 5) is 1.94. The van der Waals surface area contributed by atoms with E-state index in [9.17, 15) is 13.2 Å². The highest BCUT2D eigenvalue weighted by Crippen LogP contribution is 2.14. The summed E-state index contributed by atoms with van der Waals surface area (Å²) in [5, 5.41) is 7.13. The van der Waals surface area contributed by atoms with Crippen molar-refractivity contribution in [2.45, 2.75) is 32.0 Å². The number of alkyl halides is 3. The van der Waals surface area contributed by atoms with Gasteiger partial charge in [-0.3, -0.25) is 5.41 Å². The Balaban J connectivity index is 3.57. The Hall–Kier alpha value is -0.820. The Morgan fingerprint density at radius 3 is 2.53 bits per heavy atom. The van der Waals surface area contributed by atoms with Crippen molar-refractivity contribution in [2.75, 3.05) is 26.8 Å². The largest absolute Gasteiger partial charge is 0.411 e. The summed E-state index contributed by atoms with van der Waals surface area (Å²) in [6.45, 7) is 1.42. The zero-order chi connectivity index (χ0) is 13.5. The van der Waals surface area contributed by atoms with Gasteiger partial charge in [0, 0.05) is 25.6 Å². The number of ether oxygens (including phenoxy) is 1. The average Bonchev–Trinajstić information content (AvgIpc) is 2.13. The predicted molar refractivity (Wildman–Crippen MR) is 60.1 cm³/mol. The van der Waals surface area contributed by atoms with Crippen LogP contribution in [0.2, 0.25) is 0 Å². The second kappa shape index (κ2) is 7.50. The molecule has 0 heterocycles. The van der Waals surface area contributed by atoms with Crippen LogP contribution in [0.3, 0.4) is 0 Å². The Morgan fingerprint density at radius 2 is 2.06 bits per heavy atom. The van der Waals surface area contributed by atoms with Crippen molar-refractivity contribution >= 4 is 5.84 Å². The fourth-order valence-corrected chi connectivity index (χ4v) is 1.30. The van der Waals surface area contributed by atoms with Crippen LogP contribution in [0.15, 0.2) is 0 Å². The summed E-state index contributed by atoms with van der Waals surface area (Å²) >= 11 is 0. The van der Waals surface area contributed by atoms with Gasteiger partial charge in [-0.15, -0.1) is 0 Å². The highest BCUT2D eigenvalue weighted by Gasteiger charge is 2.27. The van der Waals surface area contributed by atoms with E-state index in [-0.39, 0.29) is 18.5 Å². The van der Waals surface area contributed by atoms with Crippen LogP contribution < -0.4 is 5.73 Å². The smallest absolute Gasteiger partial charge is 0.388 e. The minimum absolute atomic E-state index is 0.0800. The van der Waals surface area contributed by atoms with E-state index in [0.717, 1.165) is 0 Å². The number of amidine groups is 1.